The third kappa shape index (κ3) is 4.29. The minimum atomic E-state index is -0.346. The van der Waals surface area contributed by atoms with Crippen molar-refractivity contribution in [3.8, 4) is 0 Å². The maximum Gasteiger partial charge on any atom is 0.410 e. The fraction of sp³-hybridized carbons (Fsp3) is 0.852. The van der Waals surface area contributed by atoms with Gasteiger partial charge in [-0.05, 0) is 65.7 Å². The van der Waals surface area contributed by atoms with E-state index in [4.69, 9.17) is 18.9 Å². The average molecular weight is 491 g/mol. The van der Waals surface area contributed by atoms with E-state index in [2.05, 4.69) is 26.8 Å². The van der Waals surface area contributed by atoms with E-state index >= 15 is 0 Å². The Bertz CT molecular complexity index is 867. The first-order valence-electron chi connectivity index (χ1n) is 13.4. The van der Waals surface area contributed by atoms with E-state index in [-0.39, 0.29) is 65.2 Å². The number of rotatable bonds is 8. The average Bonchev–Trinajstić information content (AvgIpc) is 3.79. The largest absolute Gasteiger partial charge is 0.443 e. The Morgan fingerprint density at radius 3 is 2.37 bits per heavy atom. The molecule has 0 aromatic heterocycles. The Balaban J connectivity index is 1.20. The highest BCUT2D eigenvalue weighted by molar-refractivity contribution is 5.83. The van der Waals surface area contributed by atoms with Crippen molar-refractivity contribution in [2.45, 2.75) is 83.4 Å². The Morgan fingerprint density at radius 1 is 1.17 bits per heavy atom. The third-order valence-electron chi connectivity index (χ3n) is 9.30. The predicted octanol–water partition coefficient (Wildman–Crippen LogP) is 3.25. The Labute approximate surface area is 209 Å². The standard InChI is InChI=1S/C27H42N2O6/c1-7-28(8-2)24(30)21-17-13-29(14-18(17)21)25(31)34-19-11-12-27(15-33-27)23(22(19)32-6)26(5)20(35-26)10-9-16(3)4/h9,17-23H,7-8,10-15H2,1-6H3/t17-,18+,19-,20-,21?,22-,23?,26+,27+/m1/s1. The van der Waals surface area contributed by atoms with Crippen LogP contribution in [0.25, 0.3) is 0 Å². The van der Waals surface area contributed by atoms with Crippen LogP contribution in [-0.2, 0) is 23.7 Å². The number of amides is 2. The van der Waals surface area contributed by atoms with Gasteiger partial charge in [0.15, 0.2) is 0 Å². The lowest BCUT2D eigenvalue weighted by Crippen LogP contribution is -2.56. The minimum Gasteiger partial charge on any atom is -0.443 e. The molecular weight excluding hydrogens is 448 g/mol. The molecule has 3 heterocycles. The van der Waals surface area contributed by atoms with E-state index in [1.165, 1.54) is 5.57 Å². The van der Waals surface area contributed by atoms with Gasteiger partial charge in [0, 0.05) is 39.2 Å². The van der Waals surface area contributed by atoms with Gasteiger partial charge in [-0.3, -0.25) is 4.79 Å². The first kappa shape index (κ1) is 25.0. The van der Waals surface area contributed by atoms with Gasteiger partial charge in [-0.1, -0.05) is 11.6 Å². The number of hydrogen-bond acceptors (Lipinski definition) is 6. The van der Waals surface area contributed by atoms with Gasteiger partial charge in [-0.25, -0.2) is 4.79 Å². The van der Waals surface area contributed by atoms with Crippen LogP contribution in [0, 0.1) is 23.7 Å². The number of fused-ring (bicyclic) bond motifs is 1. The Morgan fingerprint density at radius 2 is 1.83 bits per heavy atom. The van der Waals surface area contributed by atoms with Crippen LogP contribution >= 0.6 is 0 Å². The molecule has 3 aliphatic heterocycles. The summed E-state index contributed by atoms with van der Waals surface area (Å²) in [5, 5.41) is 0. The summed E-state index contributed by atoms with van der Waals surface area (Å²) in [5.41, 5.74) is 0.705. The van der Waals surface area contributed by atoms with Crippen molar-refractivity contribution in [2.75, 3.05) is 39.9 Å². The van der Waals surface area contributed by atoms with E-state index in [9.17, 15) is 9.59 Å². The van der Waals surface area contributed by atoms with Crippen LogP contribution in [-0.4, -0.2) is 91.2 Å². The molecule has 2 saturated carbocycles. The summed E-state index contributed by atoms with van der Waals surface area (Å²) in [4.78, 5) is 29.5. The van der Waals surface area contributed by atoms with Crippen LogP contribution in [0.2, 0.25) is 0 Å². The number of nitrogens with zero attached hydrogens (tertiary/aromatic N) is 2. The lowest BCUT2D eigenvalue weighted by molar-refractivity contribution is -0.133. The molecule has 5 aliphatic rings. The number of ether oxygens (including phenoxy) is 4. The number of carbonyl (C=O) groups is 2. The predicted molar refractivity (Wildman–Crippen MR) is 130 cm³/mol. The van der Waals surface area contributed by atoms with Crippen molar-refractivity contribution < 1.29 is 28.5 Å². The Hall–Kier alpha value is -1.64. The summed E-state index contributed by atoms with van der Waals surface area (Å²) in [7, 11) is 1.70. The number of methoxy groups -OCH3 is 1. The topological polar surface area (TPSA) is 84.1 Å². The molecule has 196 valence electrons. The maximum atomic E-state index is 13.1. The summed E-state index contributed by atoms with van der Waals surface area (Å²) >= 11 is 0. The van der Waals surface area contributed by atoms with Crippen molar-refractivity contribution in [2.24, 2.45) is 23.7 Å². The van der Waals surface area contributed by atoms with Gasteiger partial charge in [0.2, 0.25) is 5.91 Å². The second-order valence-electron chi connectivity index (χ2n) is 11.6. The molecule has 9 atom stereocenters. The second-order valence-corrected chi connectivity index (χ2v) is 11.6. The smallest absolute Gasteiger partial charge is 0.410 e. The summed E-state index contributed by atoms with van der Waals surface area (Å²) in [5.74, 6) is 0.866. The maximum absolute atomic E-state index is 13.1. The molecule has 35 heavy (non-hydrogen) atoms. The van der Waals surface area contributed by atoms with E-state index in [0.717, 1.165) is 32.4 Å². The lowest BCUT2D eigenvalue weighted by Gasteiger charge is -2.43. The number of piperidine rings is 1. The molecule has 3 saturated heterocycles. The first-order chi connectivity index (χ1) is 16.7. The second kappa shape index (κ2) is 9.03. The number of likely N-dealkylation sites (tertiary alicyclic amines) is 1. The van der Waals surface area contributed by atoms with Crippen molar-refractivity contribution in [3.05, 3.63) is 11.6 Å². The van der Waals surface area contributed by atoms with Gasteiger partial charge in [-0.2, -0.15) is 0 Å². The highest BCUT2D eigenvalue weighted by Gasteiger charge is 2.72. The molecule has 0 radical (unpaired) electrons. The van der Waals surface area contributed by atoms with Crippen LogP contribution in [0.5, 0.6) is 0 Å². The van der Waals surface area contributed by atoms with E-state index in [1.54, 1.807) is 12.0 Å². The van der Waals surface area contributed by atoms with Crippen LogP contribution in [0.4, 0.5) is 4.79 Å². The fourth-order valence-electron chi connectivity index (χ4n) is 7.06. The molecule has 2 aliphatic carbocycles. The fourth-order valence-corrected chi connectivity index (χ4v) is 7.06. The third-order valence-corrected chi connectivity index (χ3v) is 9.30. The molecule has 8 nitrogen and oxygen atoms in total. The number of carbonyl (C=O) groups excluding carboxylic acids is 2. The molecule has 5 fully saturated rings. The zero-order valence-electron chi connectivity index (χ0n) is 22.1. The van der Waals surface area contributed by atoms with Gasteiger partial charge in [-0.15, -0.1) is 0 Å². The highest BCUT2D eigenvalue weighted by Crippen LogP contribution is 2.60. The minimum absolute atomic E-state index is 0.0187. The molecule has 0 aromatic carbocycles. The molecule has 5 rings (SSSR count). The van der Waals surface area contributed by atoms with Crippen molar-refractivity contribution >= 4 is 12.0 Å². The highest BCUT2D eigenvalue weighted by atomic mass is 16.6. The van der Waals surface area contributed by atoms with Crippen LogP contribution in [0.3, 0.4) is 0 Å². The van der Waals surface area contributed by atoms with Gasteiger partial charge >= 0.3 is 6.09 Å². The van der Waals surface area contributed by atoms with Gasteiger partial charge < -0.3 is 28.7 Å². The molecule has 0 aromatic rings. The van der Waals surface area contributed by atoms with E-state index in [1.807, 2.05) is 18.7 Å². The number of hydrogen-bond donors (Lipinski definition) is 0. The summed E-state index contributed by atoms with van der Waals surface area (Å²) in [6.07, 6.45) is 3.89. The van der Waals surface area contributed by atoms with Crippen molar-refractivity contribution in [3.63, 3.8) is 0 Å². The quantitative estimate of drug-likeness (QED) is 0.384. The molecule has 2 unspecified atom stereocenters. The van der Waals surface area contributed by atoms with E-state index in [0.29, 0.717) is 19.7 Å². The summed E-state index contributed by atoms with van der Waals surface area (Å²) in [6.45, 7) is 13.8. The van der Waals surface area contributed by atoms with Crippen LogP contribution in [0.15, 0.2) is 11.6 Å². The van der Waals surface area contributed by atoms with Gasteiger partial charge in [0.05, 0.1) is 18.6 Å². The SMILES string of the molecule is CCN(CC)C(=O)C1[C@H]2CN(C(=O)O[C@@H]3CC[C@]4(CO4)C([C@@]4(C)O[C@@H]4CC=C(C)C)[C@@H]3OC)C[C@@H]12. The molecule has 2 amide bonds. The molecule has 0 bridgehead atoms. The summed E-state index contributed by atoms with van der Waals surface area (Å²) < 4.78 is 24.3. The first-order valence-corrected chi connectivity index (χ1v) is 13.4. The molecular formula is C27H42N2O6. The van der Waals surface area contributed by atoms with E-state index < -0.39 is 0 Å². The molecule has 0 N–H and O–H groups in total. The van der Waals surface area contributed by atoms with Gasteiger partial charge in [0.25, 0.3) is 0 Å². The van der Waals surface area contributed by atoms with Crippen molar-refractivity contribution in [1.29, 1.82) is 0 Å². The number of allylic oxidation sites excluding steroid dienone is 1. The lowest BCUT2D eigenvalue weighted by atomic mass is 9.68. The number of epoxide rings is 2. The van der Waals surface area contributed by atoms with Crippen LogP contribution < -0.4 is 0 Å². The molecule has 8 heteroatoms. The summed E-state index contributed by atoms with van der Waals surface area (Å²) in [6, 6.07) is 0. The Kier molecular flexibility index (Phi) is 6.46. The zero-order chi connectivity index (χ0) is 25.1. The normalized spacial score (nSPS) is 42.9. The van der Waals surface area contributed by atoms with Gasteiger partial charge in [0.1, 0.15) is 23.4 Å². The zero-order valence-corrected chi connectivity index (χ0v) is 22.1. The van der Waals surface area contributed by atoms with Crippen molar-refractivity contribution in [1.82, 2.24) is 9.80 Å². The molecule has 1 spiro atoms. The monoisotopic (exact) mass is 490 g/mol. The van der Waals surface area contributed by atoms with Crippen LogP contribution in [0.1, 0.15) is 53.9 Å².